The minimum Gasteiger partial charge on any atom is -0.348 e. The first-order valence-corrected chi connectivity index (χ1v) is 8.69. The van der Waals surface area contributed by atoms with Crippen molar-refractivity contribution in [1.29, 1.82) is 0 Å². The quantitative estimate of drug-likeness (QED) is 0.936. The lowest BCUT2D eigenvalue weighted by Gasteiger charge is -2.35. The van der Waals surface area contributed by atoms with Crippen molar-refractivity contribution in [1.82, 2.24) is 14.8 Å². The molecule has 3 heterocycles. The lowest BCUT2D eigenvalue weighted by Crippen LogP contribution is -2.42. The Morgan fingerprint density at radius 3 is 2.87 bits per heavy atom. The van der Waals surface area contributed by atoms with Gasteiger partial charge in [0.15, 0.2) is 0 Å². The van der Waals surface area contributed by atoms with Gasteiger partial charge >= 0.3 is 0 Å². The first kappa shape index (κ1) is 15.8. The molecular formula is C17H21N3O2S. The number of fused-ring (bicyclic) bond motifs is 1. The summed E-state index contributed by atoms with van der Waals surface area (Å²) in [5, 5.41) is 4.86. The van der Waals surface area contributed by atoms with E-state index in [4.69, 9.17) is 0 Å². The smallest absolute Gasteiger partial charge is 0.225 e. The summed E-state index contributed by atoms with van der Waals surface area (Å²) in [4.78, 5) is 27.2. The fourth-order valence-corrected chi connectivity index (χ4v) is 3.95. The van der Waals surface area contributed by atoms with Gasteiger partial charge in [-0.05, 0) is 30.5 Å². The number of thiophene rings is 1. The molecule has 0 saturated heterocycles. The molecule has 23 heavy (non-hydrogen) atoms. The van der Waals surface area contributed by atoms with Gasteiger partial charge in [0.1, 0.15) is 0 Å². The molecule has 6 heteroatoms. The summed E-state index contributed by atoms with van der Waals surface area (Å²) in [6.07, 6.45) is 2.35. The SMILES string of the molecule is CC(=O)NC(CC(=O)N1CCn2cccc2C1C)c1cccs1. The van der Waals surface area contributed by atoms with Crippen LogP contribution in [0.4, 0.5) is 0 Å². The molecule has 1 aliphatic rings. The van der Waals surface area contributed by atoms with Crippen LogP contribution in [0.3, 0.4) is 0 Å². The lowest BCUT2D eigenvalue weighted by atomic mass is 10.1. The maximum atomic E-state index is 12.8. The number of nitrogens with zero attached hydrogens (tertiary/aromatic N) is 2. The third kappa shape index (κ3) is 3.32. The van der Waals surface area contributed by atoms with E-state index in [0.29, 0.717) is 13.0 Å². The fourth-order valence-electron chi connectivity index (χ4n) is 3.17. The zero-order valence-electron chi connectivity index (χ0n) is 13.4. The van der Waals surface area contributed by atoms with Crippen LogP contribution in [0.5, 0.6) is 0 Å². The summed E-state index contributed by atoms with van der Waals surface area (Å²) in [6, 6.07) is 7.80. The molecule has 0 fully saturated rings. The van der Waals surface area contributed by atoms with Crippen molar-refractivity contribution in [3.63, 3.8) is 0 Å². The van der Waals surface area contributed by atoms with Crippen molar-refractivity contribution in [2.24, 2.45) is 0 Å². The molecule has 0 radical (unpaired) electrons. The minimum absolute atomic E-state index is 0.0626. The van der Waals surface area contributed by atoms with Gasteiger partial charge in [0, 0.05) is 36.8 Å². The molecule has 122 valence electrons. The number of rotatable bonds is 4. The van der Waals surface area contributed by atoms with Crippen molar-refractivity contribution in [2.45, 2.75) is 38.9 Å². The van der Waals surface area contributed by atoms with E-state index in [-0.39, 0.29) is 23.9 Å². The van der Waals surface area contributed by atoms with Crippen molar-refractivity contribution >= 4 is 23.2 Å². The third-order valence-corrected chi connectivity index (χ3v) is 5.29. The van der Waals surface area contributed by atoms with Gasteiger partial charge in [-0.15, -0.1) is 11.3 Å². The summed E-state index contributed by atoms with van der Waals surface area (Å²) in [5.74, 6) is -0.0335. The van der Waals surface area contributed by atoms with Crippen molar-refractivity contribution in [3.05, 3.63) is 46.4 Å². The highest BCUT2D eigenvalue weighted by Gasteiger charge is 2.29. The zero-order chi connectivity index (χ0) is 16.4. The molecule has 0 aromatic carbocycles. The van der Waals surface area contributed by atoms with E-state index in [1.54, 1.807) is 11.3 Å². The van der Waals surface area contributed by atoms with Gasteiger partial charge in [0.2, 0.25) is 11.8 Å². The van der Waals surface area contributed by atoms with Gasteiger partial charge in [-0.1, -0.05) is 6.07 Å². The van der Waals surface area contributed by atoms with Crippen LogP contribution < -0.4 is 5.32 Å². The Balaban J connectivity index is 1.73. The van der Waals surface area contributed by atoms with Crippen molar-refractivity contribution in [3.8, 4) is 0 Å². The predicted molar refractivity (Wildman–Crippen MR) is 90.1 cm³/mol. The normalized spacial score (nSPS) is 18.3. The first-order chi connectivity index (χ1) is 11.1. The minimum atomic E-state index is -0.249. The molecule has 2 aromatic rings. The highest BCUT2D eigenvalue weighted by atomic mass is 32.1. The molecule has 3 rings (SSSR count). The molecule has 5 nitrogen and oxygen atoms in total. The van der Waals surface area contributed by atoms with Crippen LogP contribution in [0.25, 0.3) is 0 Å². The highest BCUT2D eigenvalue weighted by Crippen LogP contribution is 2.29. The first-order valence-electron chi connectivity index (χ1n) is 7.81. The molecule has 0 bridgehead atoms. The second-order valence-electron chi connectivity index (χ2n) is 5.86. The van der Waals surface area contributed by atoms with Crippen LogP contribution in [-0.4, -0.2) is 27.8 Å². The number of hydrogen-bond donors (Lipinski definition) is 1. The standard InChI is InChI=1S/C17H21N3O2S/c1-12-15-5-3-7-19(15)8-9-20(12)17(22)11-14(18-13(2)21)16-6-4-10-23-16/h3-7,10,12,14H,8-9,11H2,1-2H3,(H,18,21). The largest absolute Gasteiger partial charge is 0.348 e. The summed E-state index contributed by atoms with van der Waals surface area (Å²) in [6.45, 7) is 5.07. The summed E-state index contributed by atoms with van der Waals surface area (Å²) < 4.78 is 2.19. The van der Waals surface area contributed by atoms with Gasteiger partial charge in [-0.25, -0.2) is 0 Å². The fraction of sp³-hybridized carbons (Fsp3) is 0.412. The van der Waals surface area contributed by atoms with E-state index in [1.165, 1.54) is 6.92 Å². The molecule has 0 aliphatic carbocycles. The van der Waals surface area contributed by atoms with Crippen molar-refractivity contribution in [2.75, 3.05) is 6.54 Å². The van der Waals surface area contributed by atoms with E-state index >= 15 is 0 Å². The van der Waals surface area contributed by atoms with Crippen LogP contribution in [0.15, 0.2) is 35.8 Å². The van der Waals surface area contributed by atoms with E-state index in [9.17, 15) is 9.59 Å². The topological polar surface area (TPSA) is 54.3 Å². The number of nitrogens with one attached hydrogen (secondary N) is 1. The van der Waals surface area contributed by atoms with Crippen LogP contribution in [0, 0.1) is 0 Å². The molecule has 0 saturated carbocycles. The van der Waals surface area contributed by atoms with E-state index < -0.39 is 0 Å². The van der Waals surface area contributed by atoms with Gasteiger partial charge < -0.3 is 14.8 Å². The molecule has 2 atom stereocenters. The maximum Gasteiger partial charge on any atom is 0.225 e. The predicted octanol–water partition coefficient (Wildman–Crippen LogP) is 2.72. The zero-order valence-corrected chi connectivity index (χ0v) is 14.2. The molecule has 1 N–H and O–H groups in total. The Hall–Kier alpha value is -2.08. The van der Waals surface area contributed by atoms with Gasteiger partial charge in [0.25, 0.3) is 0 Å². The average Bonchev–Trinajstić information content (AvgIpc) is 3.18. The molecule has 1 aliphatic heterocycles. The number of amides is 2. The lowest BCUT2D eigenvalue weighted by molar-refractivity contribution is -0.135. The Morgan fingerprint density at radius 2 is 2.17 bits per heavy atom. The van der Waals surface area contributed by atoms with E-state index in [2.05, 4.69) is 29.1 Å². The van der Waals surface area contributed by atoms with Crippen LogP contribution in [0.1, 0.15) is 42.9 Å². The van der Waals surface area contributed by atoms with Gasteiger partial charge in [0.05, 0.1) is 18.5 Å². The Kier molecular flexibility index (Phi) is 4.52. The van der Waals surface area contributed by atoms with Crippen LogP contribution in [-0.2, 0) is 16.1 Å². The van der Waals surface area contributed by atoms with E-state index in [1.807, 2.05) is 28.5 Å². The molecular weight excluding hydrogens is 310 g/mol. The summed E-state index contributed by atoms with van der Waals surface area (Å²) >= 11 is 1.56. The van der Waals surface area contributed by atoms with Crippen LogP contribution in [0.2, 0.25) is 0 Å². The molecule has 2 amide bonds. The van der Waals surface area contributed by atoms with Gasteiger partial charge in [-0.2, -0.15) is 0 Å². The summed E-state index contributed by atoms with van der Waals surface area (Å²) in [5.41, 5.74) is 1.16. The molecule has 0 spiro atoms. The Labute approximate surface area is 139 Å². The van der Waals surface area contributed by atoms with Gasteiger partial charge in [-0.3, -0.25) is 9.59 Å². The molecule has 2 unspecified atom stereocenters. The number of aromatic nitrogens is 1. The number of hydrogen-bond acceptors (Lipinski definition) is 3. The molecule has 2 aromatic heterocycles. The Morgan fingerprint density at radius 1 is 1.35 bits per heavy atom. The maximum absolute atomic E-state index is 12.8. The second-order valence-corrected chi connectivity index (χ2v) is 6.84. The monoisotopic (exact) mass is 331 g/mol. The average molecular weight is 331 g/mol. The van der Waals surface area contributed by atoms with Crippen molar-refractivity contribution < 1.29 is 9.59 Å². The number of carbonyl (C=O) groups is 2. The summed E-state index contributed by atoms with van der Waals surface area (Å²) in [7, 11) is 0. The third-order valence-electron chi connectivity index (χ3n) is 4.31. The Bertz CT molecular complexity index is 693. The second kappa shape index (κ2) is 6.58. The number of carbonyl (C=O) groups excluding carboxylic acids is 2. The van der Waals surface area contributed by atoms with Crippen LogP contribution >= 0.6 is 11.3 Å². The van der Waals surface area contributed by atoms with E-state index in [0.717, 1.165) is 17.1 Å². The highest BCUT2D eigenvalue weighted by molar-refractivity contribution is 7.10.